The summed E-state index contributed by atoms with van der Waals surface area (Å²) >= 11 is 0. The van der Waals surface area contributed by atoms with Crippen LogP contribution >= 0.6 is 0 Å². The van der Waals surface area contributed by atoms with E-state index in [1.165, 1.54) is 44.9 Å². The number of oxime groups is 1. The second-order valence-electron chi connectivity index (χ2n) is 17.0. The molecule has 226 valence electrons. The fourth-order valence-corrected chi connectivity index (χ4v) is 12.6. The van der Waals surface area contributed by atoms with Gasteiger partial charge in [0.1, 0.15) is 7.11 Å². The summed E-state index contributed by atoms with van der Waals surface area (Å²) in [5.41, 5.74) is 1.68. The van der Waals surface area contributed by atoms with Crippen LogP contribution in [0.2, 0.25) is 58.9 Å². The second kappa shape index (κ2) is 11.3. The van der Waals surface area contributed by atoms with Crippen LogP contribution in [0.3, 0.4) is 0 Å². The molecule has 0 aliphatic heterocycles. The van der Waals surface area contributed by atoms with E-state index in [2.05, 4.69) is 77.9 Å². The fraction of sp³-hybridized carbons (Fsp3) is 0.968. The van der Waals surface area contributed by atoms with Gasteiger partial charge in [0.05, 0.1) is 12.3 Å². The zero-order chi connectivity index (χ0) is 29.0. The summed E-state index contributed by atoms with van der Waals surface area (Å²) in [6.45, 7) is 26.9. The molecule has 9 atom stereocenters. The van der Waals surface area contributed by atoms with E-state index in [0.29, 0.717) is 36.1 Å². The zero-order valence-corrected chi connectivity index (χ0v) is 30.5. The van der Waals surface area contributed by atoms with Gasteiger partial charge in [-0.1, -0.05) is 19.0 Å². The summed E-state index contributed by atoms with van der Waals surface area (Å²) in [6, 6.07) is 0. The molecule has 0 heterocycles. The predicted molar refractivity (Wildman–Crippen MR) is 171 cm³/mol. The molecule has 0 aromatic rings. The molecule has 0 saturated heterocycles. The number of rotatable bonds is 9. The predicted octanol–water partition coefficient (Wildman–Crippen LogP) is 8.55. The lowest BCUT2D eigenvalue weighted by molar-refractivity contribution is -0.168. The summed E-state index contributed by atoms with van der Waals surface area (Å²) in [5, 5.41) is 4.64. The van der Waals surface area contributed by atoms with Crippen molar-refractivity contribution < 1.29 is 18.1 Å². The monoisotopic (exact) mass is 595 g/mol. The van der Waals surface area contributed by atoms with Gasteiger partial charge in [-0.05, 0) is 145 Å². The Bertz CT molecular complexity index is 894. The fourth-order valence-electron chi connectivity index (χ4n) is 9.62. The molecule has 0 amide bonds. The van der Waals surface area contributed by atoms with E-state index in [0.717, 1.165) is 29.9 Å². The average Bonchev–Trinajstić information content (AvgIpc) is 3.10. The van der Waals surface area contributed by atoms with E-state index >= 15 is 0 Å². The van der Waals surface area contributed by atoms with E-state index in [1.807, 2.05) is 0 Å². The van der Waals surface area contributed by atoms with Crippen molar-refractivity contribution in [1.29, 1.82) is 0 Å². The van der Waals surface area contributed by atoms with Gasteiger partial charge in [0, 0.05) is 18.1 Å². The number of nitrogens with zero attached hydrogens (tertiary/aromatic N) is 1. The Morgan fingerprint density at radius 1 is 0.795 bits per heavy atom. The molecule has 5 nitrogen and oxygen atoms in total. The SMILES string of the molecule is CO/N=C(/CO[Si](C)(C)C)[C@H]1CCC2C3CC[C@@H]4C[C@H](O[Si](C)(C)C)CC[C@]4(C)C3C(O[Si](C)(C)C)C[C@@]21C. The van der Waals surface area contributed by atoms with Crippen molar-refractivity contribution in [3.05, 3.63) is 0 Å². The van der Waals surface area contributed by atoms with Crippen molar-refractivity contribution in [3.8, 4) is 0 Å². The van der Waals surface area contributed by atoms with Crippen LogP contribution < -0.4 is 0 Å². The lowest BCUT2D eigenvalue weighted by atomic mass is 9.44. The lowest BCUT2D eigenvalue weighted by Gasteiger charge is -2.64. The minimum Gasteiger partial charge on any atom is -0.415 e. The first-order chi connectivity index (χ1) is 17.9. The summed E-state index contributed by atoms with van der Waals surface area (Å²) in [6.07, 6.45) is 11.0. The molecule has 39 heavy (non-hydrogen) atoms. The van der Waals surface area contributed by atoms with E-state index in [-0.39, 0.29) is 5.41 Å². The van der Waals surface area contributed by atoms with Crippen LogP contribution in [-0.4, -0.2) is 56.6 Å². The molecule has 0 N–H and O–H groups in total. The molecule has 4 aliphatic rings. The van der Waals surface area contributed by atoms with Gasteiger partial charge in [0.15, 0.2) is 25.0 Å². The minimum atomic E-state index is -1.73. The molecule has 4 fully saturated rings. The number of fused-ring (bicyclic) bond motifs is 5. The third kappa shape index (κ3) is 6.98. The van der Waals surface area contributed by atoms with Crippen LogP contribution in [0.25, 0.3) is 0 Å². The summed E-state index contributed by atoms with van der Waals surface area (Å²) in [4.78, 5) is 5.44. The quantitative estimate of drug-likeness (QED) is 0.152. The lowest BCUT2D eigenvalue weighted by Crippen LogP contribution is -2.61. The van der Waals surface area contributed by atoms with E-state index < -0.39 is 25.0 Å². The molecule has 4 saturated carbocycles. The van der Waals surface area contributed by atoms with E-state index in [4.69, 9.17) is 18.1 Å². The van der Waals surface area contributed by atoms with Crippen LogP contribution in [0.4, 0.5) is 0 Å². The molecule has 0 aromatic heterocycles. The van der Waals surface area contributed by atoms with Crippen molar-refractivity contribution in [2.75, 3.05) is 13.7 Å². The topological polar surface area (TPSA) is 49.3 Å². The third-order valence-electron chi connectivity index (χ3n) is 10.8. The highest BCUT2D eigenvalue weighted by atomic mass is 28.4. The first-order valence-corrected chi connectivity index (χ1v) is 26.2. The van der Waals surface area contributed by atoms with Crippen molar-refractivity contribution >= 4 is 30.7 Å². The summed E-state index contributed by atoms with van der Waals surface area (Å²) < 4.78 is 20.4. The maximum absolute atomic E-state index is 7.26. The van der Waals surface area contributed by atoms with Gasteiger partial charge < -0.3 is 18.1 Å². The Kier molecular flexibility index (Phi) is 9.21. The van der Waals surface area contributed by atoms with Crippen molar-refractivity contribution in [2.45, 2.75) is 136 Å². The van der Waals surface area contributed by atoms with Crippen LogP contribution in [-0.2, 0) is 18.1 Å². The maximum Gasteiger partial charge on any atom is 0.184 e. The molecule has 4 rings (SSSR count). The highest BCUT2D eigenvalue weighted by Gasteiger charge is 2.64. The zero-order valence-electron chi connectivity index (χ0n) is 27.5. The summed E-state index contributed by atoms with van der Waals surface area (Å²) in [5.74, 6) is 3.32. The van der Waals surface area contributed by atoms with Gasteiger partial charge >= 0.3 is 0 Å². The van der Waals surface area contributed by atoms with Gasteiger partial charge in [0.25, 0.3) is 0 Å². The summed E-state index contributed by atoms with van der Waals surface area (Å²) in [7, 11) is -3.21. The maximum atomic E-state index is 7.26. The molecule has 4 unspecified atom stereocenters. The Morgan fingerprint density at radius 3 is 2.05 bits per heavy atom. The Balaban J connectivity index is 1.64. The van der Waals surface area contributed by atoms with Crippen LogP contribution in [0.1, 0.15) is 65.2 Å². The normalized spacial score (nSPS) is 41.5. The van der Waals surface area contributed by atoms with Crippen molar-refractivity contribution in [3.63, 3.8) is 0 Å². The number of hydrogen-bond donors (Lipinski definition) is 0. The Labute approximate surface area is 243 Å². The smallest absolute Gasteiger partial charge is 0.184 e. The highest BCUT2D eigenvalue weighted by Crippen LogP contribution is 2.68. The second-order valence-corrected chi connectivity index (χ2v) is 30.4. The number of hydrogen-bond acceptors (Lipinski definition) is 5. The van der Waals surface area contributed by atoms with Crippen LogP contribution in [0, 0.1) is 40.4 Å². The van der Waals surface area contributed by atoms with Gasteiger partial charge in [-0.15, -0.1) is 0 Å². The van der Waals surface area contributed by atoms with E-state index in [1.54, 1.807) is 7.11 Å². The molecule has 4 aliphatic carbocycles. The molecule has 0 bridgehead atoms. The standard InChI is InChI=1S/C31H61NO4Si3/c1-30-18-17-23(35-38(7,8)9)19-22(30)13-14-24-25-15-16-26(27(32-33-3)21-34-37(4,5)6)31(25,2)20-28(29(24)30)36-39(10,11)12/h22-26,28-29H,13-21H2,1-12H3/b32-27-/t22-,23-,24?,25?,26-,28?,29?,30+,31+/m1/s1. The van der Waals surface area contributed by atoms with Gasteiger partial charge in [-0.25, -0.2) is 0 Å². The van der Waals surface area contributed by atoms with Gasteiger partial charge in [-0.3, -0.25) is 0 Å². The van der Waals surface area contributed by atoms with Crippen LogP contribution in [0.15, 0.2) is 5.16 Å². The Morgan fingerprint density at radius 2 is 1.46 bits per heavy atom. The minimum absolute atomic E-state index is 0.187. The highest BCUT2D eigenvalue weighted by molar-refractivity contribution is 6.70. The van der Waals surface area contributed by atoms with Gasteiger partial charge in [-0.2, -0.15) is 0 Å². The molecule has 8 heteroatoms. The Hall–Kier alpha value is 0.000649. The first-order valence-electron chi connectivity index (χ1n) is 16.0. The van der Waals surface area contributed by atoms with Crippen LogP contribution in [0.5, 0.6) is 0 Å². The van der Waals surface area contributed by atoms with Crippen molar-refractivity contribution in [2.24, 2.45) is 45.6 Å². The van der Waals surface area contributed by atoms with Crippen molar-refractivity contribution in [1.82, 2.24) is 0 Å². The molecule has 0 spiro atoms. The van der Waals surface area contributed by atoms with E-state index in [9.17, 15) is 0 Å². The molecular weight excluding hydrogens is 535 g/mol. The molecule has 0 aromatic carbocycles. The third-order valence-corrected chi connectivity index (χ3v) is 13.9. The average molecular weight is 596 g/mol. The van der Waals surface area contributed by atoms with Gasteiger partial charge in [0.2, 0.25) is 0 Å². The first kappa shape index (κ1) is 31.9. The molecular formula is C31H61NO4Si3. The molecule has 0 radical (unpaired) electrons. The largest absolute Gasteiger partial charge is 0.415 e.